The SMILES string of the molecule is CC(C)(C)OC(=O)N1CCN[C@H](C(C)(C)O)C1. The number of nitrogens with zero attached hydrogens (tertiary/aromatic N) is 1. The molecule has 0 aliphatic carbocycles. The number of ether oxygens (including phenoxy) is 1. The van der Waals surface area contributed by atoms with Gasteiger partial charge in [-0.25, -0.2) is 4.79 Å². The zero-order valence-corrected chi connectivity index (χ0v) is 11.4. The highest BCUT2D eigenvalue weighted by Crippen LogP contribution is 2.16. The summed E-state index contributed by atoms with van der Waals surface area (Å²) >= 11 is 0. The Bertz CT molecular complexity index is 278. The molecule has 0 bridgehead atoms. The van der Waals surface area contributed by atoms with Gasteiger partial charge in [0.15, 0.2) is 0 Å². The van der Waals surface area contributed by atoms with E-state index in [2.05, 4.69) is 5.32 Å². The van der Waals surface area contributed by atoms with E-state index in [0.717, 1.165) is 0 Å². The standard InChI is InChI=1S/C12H24N2O3/c1-11(2,3)17-10(15)14-7-6-13-9(8-14)12(4,5)16/h9,13,16H,6-8H2,1-5H3/t9-/m0/s1. The summed E-state index contributed by atoms with van der Waals surface area (Å²) in [5.74, 6) is 0. The number of hydrogen-bond donors (Lipinski definition) is 2. The zero-order valence-electron chi connectivity index (χ0n) is 11.4. The molecule has 1 amide bonds. The molecule has 0 saturated carbocycles. The summed E-state index contributed by atoms with van der Waals surface area (Å²) in [6, 6.07) is -0.122. The van der Waals surface area contributed by atoms with Crippen LogP contribution < -0.4 is 5.32 Å². The Kier molecular flexibility index (Phi) is 4.04. The van der Waals surface area contributed by atoms with E-state index in [9.17, 15) is 9.90 Å². The Morgan fingerprint density at radius 3 is 2.41 bits per heavy atom. The first kappa shape index (κ1) is 14.3. The maximum Gasteiger partial charge on any atom is 0.410 e. The van der Waals surface area contributed by atoms with Crippen LogP contribution in [0.3, 0.4) is 0 Å². The number of rotatable bonds is 1. The first-order valence-electron chi connectivity index (χ1n) is 6.03. The number of carbonyl (C=O) groups is 1. The van der Waals surface area contributed by atoms with Crippen LogP contribution in [-0.4, -0.2) is 53.0 Å². The highest BCUT2D eigenvalue weighted by molar-refractivity contribution is 5.68. The first-order chi connectivity index (χ1) is 7.59. The highest BCUT2D eigenvalue weighted by atomic mass is 16.6. The fraction of sp³-hybridized carbons (Fsp3) is 0.917. The van der Waals surface area contributed by atoms with Gasteiger partial charge in [-0.15, -0.1) is 0 Å². The van der Waals surface area contributed by atoms with E-state index in [4.69, 9.17) is 4.74 Å². The number of nitrogens with one attached hydrogen (secondary N) is 1. The van der Waals surface area contributed by atoms with Gasteiger partial charge in [0.05, 0.1) is 11.6 Å². The molecular formula is C12H24N2O3. The van der Waals surface area contributed by atoms with Gasteiger partial charge in [0.2, 0.25) is 0 Å². The number of hydrogen-bond acceptors (Lipinski definition) is 4. The second-order valence-electron chi connectivity index (χ2n) is 6.09. The third-order valence-corrected chi connectivity index (χ3v) is 2.68. The minimum atomic E-state index is -0.847. The maximum absolute atomic E-state index is 11.9. The smallest absolute Gasteiger partial charge is 0.410 e. The van der Waals surface area contributed by atoms with Crippen LogP contribution in [0.1, 0.15) is 34.6 Å². The molecule has 2 N–H and O–H groups in total. The minimum Gasteiger partial charge on any atom is -0.444 e. The van der Waals surface area contributed by atoms with Gasteiger partial charge >= 0.3 is 6.09 Å². The predicted octanol–water partition coefficient (Wildman–Crippen LogP) is 0.966. The number of aliphatic hydroxyl groups is 1. The van der Waals surface area contributed by atoms with Crippen molar-refractivity contribution in [2.24, 2.45) is 0 Å². The molecule has 1 fully saturated rings. The van der Waals surface area contributed by atoms with E-state index in [-0.39, 0.29) is 12.1 Å². The lowest BCUT2D eigenvalue weighted by Gasteiger charge is -2.39. The number of piperazine rings is 1. The average Bonchev–Trinajstić information content (AvgIpc) is 2.14. The maximum atomic E-state index is 11.9. The fourth-order valence-corrected chi connectivity index (χ4v) is 1.72. The van der Waals surface area contributed by atoms with E-state index >= 15 is 0 Å². The van der Waals surface area contributed by atoms with E-state index in [1.54, 1.807) is 18.7 Å². The summed E-state index contributed by atoms with van der Waals surface area (Å²) in [6.07, 6.45) is -0.312. The van der Waals surface area contributed by atoms with Crippen LogP contribution >= 0.6 is 0 Å². The van der Waals surface area contributed by atoms with Gasteiger partial charge in [0, 0.05) is 19.6 Å². The van der Waals surface area contributed by atoms with Gasteiger partial charge in [-0.1, -0.05) is 0 Å². The van der Waals surface area contributed by atoms with Gasteiger partial charge in [0.25, 0.3) is 0 Å². The Morgan fingerprint density at radius 1 is 1.35 bits per heavy atom. The second-order valence-corrected chi connectivity index (χ2v) is 6.09. The summed E-state index contributed by atoms with van der Waals surface area (Å²) in [5.41, 5.74) is -1.33. The molecule has 0 aromatic heterocycles. The molecule has 1 aliphatic rings. The Labute approximate surface area is 103 Å². The molecule has 0 spiro atoms. The van der Waals surface area contributed by atoms with Crippen LogP contribution in [0.25, 0.3) is 0 Å². The summed E-state index contributed by atoms with van der Waals surface area (Å²) in [5, 5.41) is 13.1. The topological polar surface area (TPSA) is 61.8 Å². The highest BCUT2D eigenvalue weighted by Gasteiger charge is 2.34. The summed E-state index contributed by atoms with van der Waals surface area (Å²) < 4.78 is 5.32. The van der Waals surface area contributed by atoms with Crippen molar-refractivity contribution in [3.05, 3.63) is 0 Å². The van der Waals surface area contributed by atoms with Crippen LogP contribution in [0.2, 0.25) is 0 Å². The van der Waals surface area contributed by atoms with Gasteiger partial charge < -0.3 is 20.1 Å². The lowest BCUT2D eigenvalue weighted by atomic mass is 9.97. The number of carbonyl (C=O) groups excluding carboxylic acids is 1. The van der Waals surface area contributed by atoms with Crippen LogP contribution in [0.15, 0.2) is 0 Å². The Balaban J connectivity index is 2.58. The molecule has 1 aliphatic heterocycles. The van der Waals surface area contributed by atoms with Gasteiger partial charge in [-0.3, -0.25) is 0 Å². The van der Waals surface area contributed by atoms with Crippen LogP contribution in [-0.2, 0) is 4.74 Å². The minimum absolute atomic E-state index is 0.122. The van der Waals surface area contributed by atoms with Crippen LogP contribution in [0, 0.1) is 0 Å². The van der Waals surface area contributed by atoms with Gasteiger partial charge in [-0.05, 0) is 34.6 Å². The molecule has 0 aromatic rings. The monoisotopic (exact) mass is 244 g/mol. The van der Waals surface area contributed by atoms with E-state index in [1.165, 1.54) is 0 Å². The second kappa shape index (κ2) is 4.82. The molecule has 5 heteroatoms. The third-order valence-electron chi connectivity index (χ3n) is 2.68. The van der Waals surface area contributed by atoms with E-state index < -0.39 is 11.2 Å². The molecule has 0 radical (unpaired) electrons. The van der Waals surface area contributed by atoms with Crippen molar-refractivity contribution in [3.63, 3.8) is 0 Å². The van der Waals surface area contributed by atoms with Crippen molar-refractivity contribution in [1.82, 2.24) is 10.2 Å². The van der Waals surface area contributed by atoms with Crippen molar-refractivity contribution in [2.75, 3.05) is 19.6 Å². The van der Waals surface area contributed by atoms with Gasteiger partial charge in [-0.2, -0.15) is 0 Å². The molecule has 100 valence electrons. The normalized spacial score (nSPS) is 22.5. The largest absolute Gasteiger partial charge is 0.444 e. The predicted molar refractivity (Wildman–Crippen MR) is 65.9 cm³/mol. The molecule has 1 atom stereocenters. The molecule has 1 rings (SSSR count). The Morgan fingerprint density at radius 2 is 1.94 bits per heavy atom. The molecule has 0 aromatic carbocycles. The van der Waals surface area contributed by atoms with Crippen molar-refractivity contribution in [1.29, 1.82) is 0 Å². The van der Waals surface area contributed by atoms with Crippen molar-refractivity contribution in [2.45, 2.75) is 51.9 Å². The molecule has 5 nitrogen and oxygen atoms in total. The van der Waals surface area contributed by atoms with Gasteiger partial charge in [0.1, 0.15) is 5.60 Å². The quantitative estimate of drug-likeness (QED) is 0.721. The summed E-state index contributed by atoms with van der Waals surface area (Å²) in [6.45, 7) is 10.8. The van der Waals surface area contributed by atoms with Crippen LogP contribution in [0.4, 0.5) is 4.79 Å². The van der Waals surface area contributed by atoms with Crippen molar-refractivity contribution >= 4 is 6.09 Å². The lowest BCUT2D eigenvalue weighted by Crippen LogP contribution is -2.60. The molecule has 1 saturated heterocycles. The molecular weight excluding hydrogens is 220 g/mol. The Hall–Kier alpha value is -0.810. The third kappa shape index (κ3) is 4.52. The summed E-state index contributed by atoms with van der Waals surface area (Å²) in [4.78, 5) is 13.5. The van der Waals surface area contributed by atoms with E-state index in [1.807, 2.05) is 20.8 Å². The number of amides is 1. The average molecular weight is 244 g/mol. The lowest BCUT2D eigenvalue weighted by molar-refractivity contribution is -0.00929. The molecule has 17 heavy (non-hydrogen) atoms. The zero-order chi connectivity index (χ0) is 13.3. The fourth-order valence-electron chi connectivity index (χ4n) is 1.72. The van der Waals surface area contributed by atoms with Crippen LogP contribution in [0.5, 0.6) is 0 Å². The molecule has 1 heterocycles. The van der Waals surface area contributed by atoms with E-state index in [0.29, 0.717) is 19.6 Å². The van der Waals surface area contributed by atoms with Crippen molar-refractivity contribution < 1.29 is 14.6 Å². The first-order valence-corrected chi connectivity index (χ1v) is 6.03. The molecule has 0 unspecified atom stereocenters. The summed E-state index contributed by atoms with van der Waals surface area (Å²) in [7, 11) is 0. The van der Waals surface area contributed by atoms with Crippen molar-refractivity contribution in [3.8, 4) is 0 Å².